The molecule has 2 rings (SSSR count). The summed E-state index contributed by atoms with van der Waals surface area (Å²) in [7, 11) is 0. The van der Waals surface area contributed by atoms with Crippen LogP contribution in [-0.4, -0.2) is 67.8 Å². The van der Waals surface area contributed by atoms with Crippen LogP contribution in [-0.2, 0) is 14.3 Å². The van der Waals surface area contributed by atoms with E-state index in [1.54, 1.807) is 0 Å². The molecule has 2 unspecified atom stereocenters. The summed E-state index contributed by atoms with van der Waals surface area (Å²) in [4.78, 5) is 24.3. The van der Waals surface area contributed by atoms with Gasteiger partial charge in [0.25, 0.3) is 5.91 Å². The van der Waals surface area contributed by atoms with Crippen LogP contribution in [0.15, 0.2) is 0 Å². The molecular weight excluding hydrogens is 315 g/mol. The molecule has 10 heteroatoms. The van der Waals surface area contributed by atoms with E-state index < -0.39 is 36.7 Å². The van der Waals surface area contributed by atoms with Crippen molar-refractivity contribution in [2.24, 2.45) is 0 Å². The van der Waals surface area contributed by atoms with E-state index in [-0.39, 0.29) is 25.4 Å². The van der Waals surface area contributed by atoms with E-state index in [0.29, 0.717) is 24.6 Å². The molecule has 2 atom stereocenters. The lowest BCUT2D eigenvalue weighted by molar-refractivity contribution is -0.158. The van der Waals surface area contributed by atoms with Gasteiger partial charge in [0.15, 0.2) is 0 Å². The predicted molar refractivity (Wildman–Crippen MR) is 69.0 cm³/mol. The van der Waals surface area contributed by atoms with E-state index in [0.717, 1.165) is 0 Å². The number of alkyl halides is 3. The molecule has 0 radical (unpaired) electrons. The Balaban J connectivity index is 0.00000220. The molecule has 122 valence electrons. The number of halogens is 4. The summed E-state index contributed by atoms with van der Waals surface area (Å²) in [6, 6.07) is -0.893. The highest BCUT2D eigenvalue weighted by Gasteiger charge is 2.40. The summed E-state index contributed by atoms with van der Waals surface area (Å²) >= 11 is 0. The Kier molecular flexibility index (Phi) is 6.24. The largest absolute Gasteiger partial charge is 0.406 e. The molecule has 2 N–H and O–H groups in total. The Bertz CT molecular complexity index is 389. The second-order valence-electron chi connectivity index (χ2n) is 4.79. The van der Waals surface area contributed by atoms with Crippen LogP contribution in [0.4, 0.5) is 13.2 Å². The number of carbonyl (C=O) groups excluding carboxylic acids is 2. The highest BCUT2D eigenvalue weighted by atomic mass is 35.5. The SMILES string of the molecule is Cl.O=C(NC1CCN(CC(F)(F)F)C1=O)C1CNCCO1. The van der Waals surface area contributed by atoms with E-state index in [2.05, 4.69) is 10.6 Å². The number of rotatable bonds is 3. The first-order chi connectivity index (χ1) is 9.37. The van der Waals surface area contributed by atoms with Crippen molar-refractivity contribution in [2.45, 2.75) is 24.7 Å². The van der Waals surface area contributed by atoms with Gasteiger partial charge in [0.1, 0.15) is 18.7 Å². The number of hydrogen-bond acceptors (Lipinski definition) is 4. The first kappa shape index (κ1) is 18.0. The van der Waals surface area contributed by atoms with Crippen LogP contribution in [0.2, 0.25) is 0 Å². The smallest absolute Gasteiger partial charge is 0.366 e. The van der Waals surface area contributed by atoms with Gasteiger partial charge >= 0.3 is 6.18 Å². The Hall–Kier alpha value is -1.06. The fraction of sp³-hybridized carbons (Fsp3) is 0.818. The summed E-state index contributed by atoms with van der Waals surface area (Å²) in [6.45, 7) is 0.0775. The second kappa shape index (κ2) is 7.28. The van der Waals surface area contributed by atoms with Crippen molar-refractivity contribution in [1.29, 1.82) is 0 Å². The van der Waals surface area contributed by atoms with Crippen molar-refractivity contribution >= 4 is 24.2 Å². The molecule has 0 aromatic rings. The number of ether oxygens (including phenoxy) is 1. The molecule has 2 aliphatic heterocycles. The lowest BCUT2D eigenvalue weighted by Gasteiger charge is -2.24. The molecule has 2 saturated heterocycles. The van der Waals surface area contributed by atoms with Crippen LogP contribution in [0, 0.1) is 0 Å². The molecule has 6 nitrogen and oxygen atoms in total. The lowest BCUT2D eigenvalue weighted by Crippen LogP contribution is -2.52. The number of likely N-dealkylation sites (tertiary alicyclic amines) is 1. The average Bonchev–Trinajstić information content (AvgIpc) is 2.71. The van der Waals surface area contributed by atoms with Gasteiger partial charge in [0.05, 0.1) is 6.61 Å². The normalized spacial score (nSPS) is 26.4. The molecule has 2 heterocycles. The molecule has 0 saturated carbocycles. The zero-order valence-corrected chi connectivity index (χ0v) is 11.9. The zero-order chi connectivity index (χ0) is 14.8. The summed E-state index contributed by atoms with van der Waals surface area (Å²) in [5.74, 6) is -1.16. The number of nitrogens with zero attached hydrogens (tertiary/aromatic N) is 1. The van der Waals surface area contributed by atoms with Gasteiger partial charge in [0, 0.05) is 19.6 Å². The number of hydrogen-bond donors (Lipinski definition) is 2. The minimum absolute atomic E-state index is 0. The van der Waals surface area contributed by atoms with Gasteiger partial charge in [-0.15, -0.1) is 12.4 Å². The third kappa shape index (κ3) is 5.01. The van der Waals surface area contributed by atoms with Crippen molar-refractivity contribution < 1.29 is 27.5 Å². The van der Waals surface area contributed by atoms with Crippen LogP contribution >= 0.6 is 12.4 Å². The Labute approximate surface area is 125 Å². The number of carbonyl (C=O) groups is 2. The fourth-order valence-corrected chi connectivity index (χ4v) is 2.24. The maximum absolute atomic E-state index is 12.3. The molecule has 0 aliphatic carbocycles. The van der Waals surface area contributed by atoms with Crippen molar-refractivity contribution in [3.8, 4) is 0 Å². The standard InChI is InChI=1S/C11H16F3N3O3.ClH/c12-11(13,14)6-17-3-1-7(10(17)19)16-9(18)8-5-15-2-4-20-8;/h7-8,15H,1-6H2,(H,16,18);1H. The summed E-state index contributed by atoms with van der Waals surface area (Å²) in [5, 5.41) is 5.41. The third-order valence-electron chi connectivity index (χ3n) is 3.20. The van der Waals surface area contributed by atoms with Crippen LogP contribution in [0.5, 0.6) is 0 Å². The topological polar surface area (TPSA) is 70.7 Å². The monoisotopic (exact) mass is 331 g/mol. The van der Waals surface area contributed by atoms with Gasteiger partial charge in [-0.2, -0.15) is 13.2 Å². The van der Waals surface area contributed by atoms with Gasteiger partial charge in [-0.3, -0.25) is 9.59 Å². The maximum atomic E-state index is 12.3. The van der Waals surface area contributed by atoms with Crippen molar-refractivity contribution in [2.75, 3.05) is 32.8 Å². The zero-order valence-electron chi connectivity index (χ0n) is 11.1. The van der Waals surface area contributed by atoms with Crippen molar-refractivity contribution in [3.05, 3.63) is 0 Å². The Morgan fingerprint density at radius 3 is 2.76 bits per heavy atom. The highest BCUT2D eigenvalue weighted by Crippen LogP contribution is 2.21. The van der Waals surface area contributed by atoms with Crippen LogP contribution in [0.3, 0.4) is 0 Å². The van der Waals surface area contributed by atoms with E-state index in [1.165, 1.54) is 0 Å². The molecule has 2 amide bonds. The number of amides is 2. The van der Waals surface area contributed by atoms with E-state index in [1.807, 2.05) is 0 Å². The quantitative estimate of drug-likeness (QED) is 0.743. The molecular formula is C11H17ClF3N3O3. The maximum Gasteiger partial charge on any atom is 0.406 e. The summed E-state index contributed by atoms with van der Waals surface area (Å²) < 4.78 is 42.0. The van der Waals surface area contributed by atoms with Gasteiger partial charge in [-0.25, -0.2) is 0 Å². The van der Waals surface area contributed by atoms with Gasteiger partial charge in [-0.1, -0.05) is 0 Å². The molecule has 0 aromatic heterocycles. The van der Waals surface area contributed by atoms with Crippen molar-refractivity contribution in [1.82, 2.24) is 15.5 Å². The molecule has 0 aromatic carbocycles. The van der Waals surface area contributed by atoms with Crippen LogP contribution in [0.1, 0.15) is 6.42 Å². The van der Waals surface area contributed by atoms with Gasteiger partial charge < -0.3 is 20.3 Å². The van der Waals surface area contributed by atoms with Crippen LogP contribution in [0.25, 0.3) is 0 Å². The minimum atomic E-state index is -4.43. The molecule has 0 spiro atoms. The highest BCUT2D eigenvalue weighted by molar-refractivity contribution is 5.90. The third-order valence-corrected chi connectivity index (χ3v) is 3.20. The summed E-state index contributed by atoms with van der Waals surface area (Å²) in [5.41, 5.74) is 0. The number of morpholine rings is 1. The predicted octanol–water partition coefficient (Wildman–Crippen LogP) is -0.324. The van der Waals surface area contributed by atoms with E-state index in [4.69, 9.17) is 4.74 Å². The van der Waals surface area contributed by atoms with Crippen LogP contribution < -0.4 is 10.6 Å². The van der Waals surface area contributed by atoms with Gasteiger partial charge in [0.2, 0.25) is 5.91 Å². The molecule has 21 heavy (non-hydrogen) atoms. The fourth-order valence-electron chi connectivity index (χ4n) is 2.24. The first-order valence-corrected chi connectivity index (χ1v) is 6.35. The average molecular weight is 332 g/mol. The molecule has 2 fully saturated rings. The Morgan fingerprint density at radius 1 is 1.48 bits per heavy atom. The van der Waals surface area contributed by atoms with E-state index in [9.17, 15) is 22.8 Å². The van der Waals surface area contributed by atoms with Gasteiger partial charge in [-0.05, 0) is 6.42 Å². The Morgan fingerprint density at radius 2 is 2.19 bits per heavy atom. The van der Waals surface area contributed by atoms with E-state index >= 15 is 0 Å². The summed E-state index contributed by atoms with van der Waals surface area (Å²) in [6.07, 6.45) is -4.95. The second-order valence-corrected chi connectivity index (χ2v) is 4.79. The first-order valence-electron chi connectivity index (χ1n) is 6.35. The van der Waals surface area contributed by atoms with Crippen molar-refractivity contribution in [3.63, 3.8) is 0 Å². The molecule has 0 bridgehead atoms. The lowest BCUT2D eigenvalue weighted by atomic mass is 10.2. The minimum Gasteiger partial charge on any atom is -0.366 e. The number of nitrogens with one attached hydrogen (secondary N) is 2. The molecule has 2 aliphatic rings.